The summed E-state index contributed by atoms with van der Waals surface area (Å²) >= 11 is 0. The van der Waals surface area contributed by atoms with Crippen molar-refractivity contribution < 1.29 is 35.3 Å². The van der Waals surface area contributed by atoms with E-state index in [4.69, 9.17) is 4.74 Å². The van der Waals surface area contributed by atoms with Crippen LogP contribution in [-0.4, -0.2) is 31.1 Å². The number of alkyl halides is 3. The molecule has 1 atom stereocenters. The Balaban J connectivity index is 1.94. The average molecular weight is 514 g/mol. The van der Waals surface area contributed by atoms with Gasteiger partial charge in [0.2, 0.25) is 0 Å². The number of hydrogen-bond donors (Lipinski definition) is 0. The zero-order valence-electron chi connectivity index (χ0n) is 19.7. The zero-order chi connectivity index (χ0) is 25.9. The molecule has 7 nitrogen and oxygen atoms in total. The molecule has 1 saturated carbocycles. The van der Waals surface area contributed by atoms with Crippen molar-refractivity contribution in [1.82, 2.24) is 4.57 Å². The normalized spacial score (nSPS) is 19.8. The molecule has 1 aliphatic carbocycles. The van der Waals surface area contributed by atoms with Gasteiger partial charge >= 0.3 is 21.6 Å². The Hall–Kier alpha value is -2.82. The second kappa shape index (κ2) is 8.39. The van der Waals surface area contributed by atoms with Crippen LogP contribution in [0.3, 0.4) is 0 Å². The van der Waals surface area contributed by atoms with Crippen molar-refractivity contribution in [3.05, 3.63) is 51.3 Å². The molecule has 1 aliphatic heterocycles. The Bertz CT molecular complexity index is 1360. The van der Waals surface area contributed by atoms with Crippen molar-refractivity contribution in [2.75, 3.05) is 6.61 Å². The van der Waals surface area contributed by atoms with E-state index >= 15 is 0 Å². The van der Waals surface area contributed by atoms with Crippen molar-refractivity contribution in [1.29, 1.82) is 0 Å². The van der Waals surface area contributed by atoms with Gasteiger partial charge in [0.05, 0.1) is 12.3 Å². The van der Waals surface area contributed by atoms with Crippen LogP contribution >= 0.6 is 0 Å². The van der Waals surface area contributed by atoms with E-state index in [1.54, 1.807) is 13.0 Å². The highest BCUT2D eigenvalue weighted by molar-refractivity contribution is 7.88. The summed E-state index contributed by atoms with van der Waals surface area (Å²) in [5, 5.41) is 0. The number of carbonyl (C=O) groups excluding carboxylic acids is 1. The molecule has 0 radical (unpaired) electrons. The Morgan fingerprint density at radius 3 is 2.43 bits per heavy atom. The predicted molar refractivity (Wildman–Crippen MR) is 122 cm³/mol. The van der Waals surface area contributed by atoms with Gasteiger partial charge in [-0.2, -0.15) is 21.6 Å². The lowest BCUT2D eigenvalue weighted by Gasteiger charge is -2.43. The Morgan fingerprint density at radius 1 is 1.23 bits per heavy atom. The topological polar surface area (TPSA) is 91.7 Å². The fourth-order valence-electron chi connectivity index (χ4n) is 4.45. The second-order valence-corrected chi connectivity index (χ2v) is 11.1. The summed E-state index contributed by atoms with van der Waals surface area (Å²) in [4.78, 5) is 25.2. The molecular formula is C24H26F3NO6S. The molecule has 35 heavy (non-hydrogen) atoms. The van der Waals surface area contributed by atoms with Crippen LogP contribution in [0, 0.1) is 5.92 Å². The molecule has 2 aromatic rings. The summed E-state index contributed by atoms with van der Waals surface area (Å²) in [7, 11) is -5.85. The molecule has 11 heteroatoms. The van der Waals surface area contributed by atoms with Gasteiger partial charge in [0.15, 0.2) is 5.43 Å². The number of fused-ring (bicyclic) bond motifs is 3. The first kappa shape index (κ1) is 25.3. The van der Waals surface area contributed by atoms with E-state index in [-0.39, 0.29) is 29.8 Å². The van der Waals surface area contributed by atoms with Crippen LogP contribution in [0.4, 0.5) is 13.2 Å². The number of esters is 1. The lowest BCUT2D eigenvalue weighted by atomic mass is 9.76. The molecule has 190 valence electrons. The van der Waals surface area contributed by atoms with Crippen molar-refractivity contribution in [2.45, 2.75) is 63.9 Å². The van der Waals surface area contributed by atoms with E-state index in [2.05, 4.69) is 4.18 Å². The number of nitrogens with zero attached hydrogens (tertiary/aromatic N) is 1. The van der Waals surface area contributed by atoms with Gasteiger partial charge in [-0.15, -0.1) is 0 Å². The maximum atomic E-state index is 13.0. The molecular weight excluding hydrogens is 487 g/mol. The second-order valence-electron chi connectivity index (χ2n) is 9.52. The number of hydrogen-bond acceptors (Lipinski definition) is 6. The van der Waals surface area contributed by atoms with Gasteiger partial charge in [0.25, 0.3) is 0 Å². The van der Waals surface area contributed by atoms with Crippen LogP contribution in [0.5, 0.6) is 5.75 Å². The summed E-state index contributed by atoms with van der Waals surface area (Å²) in [6, 6.07) is 4.29. The molecule has 4 rings (SSSR count). The summed E-state index contributed by atoms with van der Waals surface area (Å²) in [6.07, 6.45) is 3.15. The minimum absolute atomic E-state index is 0.0293. The summed E-state index contributed by atoms with van der Waals surface area (Å²) in [5.74, 6) is -1.24. The smallest absolute Gasteiger partial charge is 0.462 e. The van der Waals surface area contributed by atoms with Crippen molar-refractivity contribution in [3.63, 3.8) is 0 Å². The van der Waals surface area contributed by atoms with Gasteiger partial charge in [-0.05, 0) is 68.2 Å². The van der Waals surface area contributed by atoms with E-state index in [1.165, 1.54) is 18.3 Å². The quantitative estimate of drug-likeness (QED) is 0.315. The molecule has 2 aliphatic rings. The van der Waals surface area contributed by atoms with E-state index < -0.39 is 32.6 Å². The molecule has 0 N–H and O–H groups in total. The first-order chi connectivity index (χ1) is 16.2. The van der Waals surface area contributed by atoms with Crippen LogP contribution < -0.4 is 9.61 Å². The number of carbonyl (C=O) groups is 1. The van der Waals surface area contributed by atoms with Crippen LogP contribution in [0.25, 0.3) is 11.3 Å². The van der Waals surface area contributed by atoms with Crippen LogP contribution in [0.15, 0.2) is 29.2 Å². The lowest BCUT2D eigenvalue weighted by Crippen LogP contribution is -2.42. The monoisotopic (exact) mass is 513 g/mol. The van der Waals surface area contributed by atoms with Gasteiger partial charge in [0.1, 0.15) is 11.3 Å². The van der Waals surface area contributed by atoms with E-state index in [9.17, 15) is 31.2 Å². The highest BCUT2D eigenvalue weighted by Gasteiger charge is 2.49. The van der Waals surface area contributed by atoms with Crippen LogP contribution in [0.2, 0.25) is 0 Å². The summed E-state index contributed by atoms with van der Waals surface area (Å²) in [6.45, 7) is 7.55. The molecule has 0 bridgehead atoms. The number of rotatable bonds is 6. The van der Waals surface area contributed by atoms with E-state index in [0.29, 0.717) is 41.6 Å². The summed E-state index contributed by atoms with van der Waals surface area (Å²) < 4.78 is 74.2. The van der Waals surface area contributed by atoms with Gasteiger partial charge in [-0.1, -0.05) is 13.8 Å². The molecule has 0 saturated heterocycles. The van der Waals surface area contributed by atoms with Crippen LogP contribution in [-0.2, 0) is 26.8 Å². The number of pyridine rings is 1. The van der Waals surface area contributed by atoms with Crippen molar-refractivity contribution in [2.24, 2.45) is 5.92 Å². The molecule has 1 unspecified atom stereocenters. The zero-order valence-corrected chi connectivity index (χ0v) is 20.5. The van der Waals surface area contributed by atoms with Crippen LogP contribution in [0.1, 0.15) is 67.9 Å². The largest absolute Gasteiger partial charge is 0.534 e. The molecule has 0 spiro atoms. The highest BCUT2D eigenvalue weighted by Crippen LogP contribution is 2.50. The standard InChI is InChI=1S/C24H26F3NO6S/c1-5-33-22(30)18-12-28-19(10-20(18)29)16-9-17(14-6-7-14)21(34-35(31,32)24(25,26)27)8-15(16)11-23(28,4)13(2)3/h8-10,12-14H,5-7,11H2,1-4H3. The first-order valence-electron chi connectivity index (χ1n) is 11.3. The van der Waals surface area contributed by atoms with E-state index in [1.807, 2.05) is 25.3 Å². The molecule has 1 aromatic carbocycles. The number of halogens is 3. The van der Waals surface area contributed by atoms with Gasteiger partial charge in [-0.3, -0.25) is 4.79 Å². The fraction of sp³-hybridized carbons (Fsp3) is 0.500. The fourth-order valence-corrected chi connectivity index (χ4v) is 4.93. The number of ether oxygens (including phenoxy) is 1. The van der Waals surface area contributed by atoms with Gasteiger partial charge in [0, 0.05) is 23.4 Å². The predicted octanol–water partition coefficient (Wildman–Crippen LogP) is 4.73. The Kier molecular flexibility index (Phi) is 6.06. The van der Waals surface area contributed by atoms with Crippen molar-refractivity contribution >= 4 is 16.1 Å². The maximum absolute atomic E-state index is 13.0. The van der Waals surface area contributed by atoms with E-state index in [0.717, 1.165) is 0 Å². The average Bonchev–Trinajstić information content (AvgIpc) is 3.57. The van der Waals surface area contributed by atoms with Gasteiger partial charge < -0.3 is 13.5 Å². The molecule has 2 heterocycles. The molecule has 1 aromatic heterocycles. The first-order valence-corrected chi connectivity index (χ1v) is 12.7. The Labute approximate surface area is 201 Å². The molecule has 0 amide bonds. The maximum Gasteiger partial charge on any atom is 0.534 e. The Morgan fingerprint density at radius 2 is 1.89 bits per heavy atom. The number of benzene rings is 1. The third-order valence-corrected chi connectivity index (χ3v) is 7.87. The van der Waals surface area contributed by atoms with Gasteiger partial charge in [-0.25, -0.2) is 4.79 Å². The third-order valence-electron chi connectivity index (χ3n) is 6.90. The minimum atomic E-state index is -5.85. The minimum Gasteiger partial charge on any atom is -0.462 e. The molecule has 1 fully saturated rings. The third kappa shape index (κ3) is 4.34. The van der Waals surface area contributed by atoms with Crippen molar-refractivity contribution in [3.8, 4) is 17.0 Å². The SMILES string of the molecule is CCOC(=O)c1cn2c(cc1=O)-c1cc(C3CC3)c(OS(=O)(=O)C(F)(F)F)cc1CC2(C)C(C)C. The lowest BCUT2D eigenvalue weighted by molar-refractivity contribution is -0.0500. The highest BCUT2D eigenvalue weighted by atomic mass is 32.2. The number of aromatic nitrogens is 1. The summed E-state index contributed by atoms with van der Waals surface area (Å²) in [5.41, 5.74) is -4.90.